The van der Waals surface area contributed by atoms with E-state index in [9.17, 15) is 5.11 Å². The Morgan fingerprint density at radius 2 is 2.14 bits per heavy atom. The van der Waals surface area contributed by atoms with Gasteiger partial charge in [0.05, 0.1) is 22.0 Å². The van der Waals surface area contributed by atoms with Crippen LogP contribution in [0.3, 0.4) is 0 Å². The molecule has 0 saturated heterocycles. The Balaban J connectivity index is 2.00. The first-order valence-corrected chi connectivity index (χ1v) is 7.94. The predicted molar refractivity (Wildman–Crippen MR) is 84.6 cm³/mol. The van der Waals surface area contributed by atoms with Crippen LogP contribution in [0.1, 0.15) is 42.3 Å². The van der Waals surface area contributed by atoms with Crippen molar-refractivity contribution in [2.75, 3.05) is 0 Å². The smallest absolute Gasteiger partial charge is 0.0954 e. The fourth-order valence-electron chi connectivity index (χ4n) is 3.37. The van der Waals surface area contributed by atoms with Crippen LogP contribution in [0.4, 0.5) is 0 Å². The van der Waals surface area contributed by atoms with Gasteiger partial charge < -0.3 is 5.11 Å². The lowest BCUT2D eigenvalue weighted by atomic mass is 9.76. The molecule has 112 valence electrons. The van der Waals surface area contributed by atoms with Crippen LogP contribution >= 0.6 is 11.6 Å². The van der Waals surface area contributed by atoms with Gasteiger partial charge in [0.1, 0.15) is 0 Å². The zero-order chi connectivity index (χ0) is 15.0. The van der Waals surface area contributed by atoms with E-state index >= 15 is 0 Å². The number of aryl methyl sites for hydroxylation is 3. The van der Waals surface area contributed by atoms with E-state index in [1.54, 1.807) is 0 Å². The molecule has 0 radical (unpaired) electrons. The summed E-state index contributed by atoms with van der Waals surface area (Å²) in [7, 11) is 1.90. The highest BCUT2D eigenvalue weighted by atomic mass is 35.5. The summed E-state index contributed by atoms with van der Waals surface area (Å²) in [6.45, 7) is 2.04. The number of benzene rings is 1. The summed E-state index contributed by atoms with van der Waals surface area (Å²) in [4.78, 5) is 0. The first kappa shape index (κ1) is 14.6. The van der Waals surface area contributed by atoms with Crippen LogP contribution in [0, 0.1) is 0 Å². The molecule has 3 rings (SSSR count). The molecule has 0 bridgehead atoms. The average Bonchev–Trinajstić information content (AvgIpc) is 2.75. The van der Waals surface area contributed by atoms with Crippen molar-refractivity contribution in [1.82, 2.24) is 9.78 Å². The molecule has 0 saturated carbocycles. The zero-order valence-corrected chi connectivity index (χ0v) is 13.3. The Hall–Kier alpha value is -1.32. The van der Waals surface area contributed by atoms with E-state index in [0.29, 0.717) is 11.4 Å². The second-order valence-electron chi connectivity index (χ2n) is 5.90. The van der Waals surface area contributed by atoms with Crippen molar-refractivity contribution in [3.63, 3.8) is 0 Å². The molecule has 1 aromatic heterocycles. The van der Waals surface area contributed by atoms with Crippen molar-refractivity contribution in [2.45, 2.75) is 44.6 Å². The Morgan fingerprint density at radius 3 is 2.86 bits per heavy atom. The highest BCUT2D eigenvalue weighted by molar-refractivity contribution is 6.31. The summed E-state index contributed by atoms with van der Waals surface area (Å²) in [5.41, 5.74) is 3.29. The molecule has 1 heterocycles. The quantitative estimate of drug-likeness (QED) is 0.944. The summed E-state index contributed by atoms with van der Waals surface area (Å²) in [5, 5.41) is 16.4. The molecule has 3 nitrogen and oxygen atoms in total. The minimum absolute atomic E-state index is 0.520. The molecule has 1 aromatic carbocycles. The Labute approximate surface area is 130 Å². The Bertz CT molecular complexity index is 665. The normalized spacial score (nSPS) is 21.3. The van der Waals surface area contributed by atoms with Gasteiger partial charge in [-0.1, -0.05) is 42.8 Å². The Kier molecular flexibility index (Phi) is 3.80. The summed E-state index contributed by atoms with van der Waals surface area (Å²) < 4.78 is 1.82. The van der Waals surface area contributed by atoms with Crippen molar-refractivity contribution in [3.05, 3.63) is 51.8 Å². The molecular weight excluding hydrogens is 284 g/mol. The zero-order valence-electron chi connectivity index (χ0n) is 12.6. The fourth-order valence-corrected chi connectivity index (χ4v) is 3.73. The molecule has 0 fully saturated rings. The van der Waals surface area contributed by atoms with Crippen LogP contribution in [0.5, 0.6) is 0 Å². The minimum atomic E-state index is -0.836. The second-order valence-corrected chi connectivity index (χ2v) is 6.28. The molecular formula is C17H21ClN2O. The standard InChI is InChI=1S/C17H21ClN2O/c1-3-14-16(18)15(20(2)19-14)11-17(21)10-6-8-12-7-4-5-9-13(12)17/h4-5,7,9,21H,3,6,8,10-11H2,1-2H3. The summed E-state index contributed by atoms with van der Waals surface area (Å²) >= 11 is 6.44. The van der Waals surface area contributed by atoms with E-state index < -0.39 is 5.60 Å². The van der Waals surface area contributed by atoms with Gasteiger partial charge in [0.2, 0.25) is 0 Å². The number of aliphatic hydroxyl groups is 1. The maximum absolute atomic E-state index is 11.2. The molecule has 2 aromatic rings. The fraction of sp³-hybridized carbons (Fsp3) is 0.471. The number of rotatable bonds is 3. The van der Waals surface area contributed by atoms with Crippen molar-refractivity contribution >= 4 is 11.6 Å². The van der Waals surface area contributed by atoms with E-state index in [1.165, 1.54) is 5.56 Å². The number of aromatic nitrogens is 2. The second kappa shape index (κ2) is 5.47. The van der Waals surface area contributed by atoms with E-state index in [1.807, 2.05) is 36.9 Å². The highest BCUT2D eigenvalue weighted by Gasteiger charge is 2.36. The first-order valence-electron chi connectivity index (χ1n) is 7.56. The molecule has 0 spiro atoms. The van der Waals surface area contributed by atoms with E-state index in [4.69, 9.17) is 11.6 Å². The number of fused-ring (bicyclic) bond motifs is 1. The molecule has 1 unspecified atom stereocenters. The van der Waals surface area contributed by atoms with E-state index in [-0.39, 0.29) is 0 Å². The highest BCUT2D eigenvalue weighted by Crippen LogP contribution is 2.39. The number of hydrogen-bond donors (Lipinski definition) is 1. The van der Waals surface area contributed by atoms with Gasteiger partial charge in [-0.2, -0.15) is 5.10 Å². The predicted octanol–water partition coefficient (Wildman–Crippen LogP) is 3.40. The van der Waals surface area contributed by atoms with Crippen LogP contribution in [0.15, 0.2) is 24.3 Å². The van der Waals surface area contributed by atoms with Crippen LogP contribution in [-0.4, -0.2) is 14.9 Å². The Morgan fingerprint density at radius 1 is 1.38 bits per heavy atom. The average molecular weight is 305 g/mol. The number of halogens is 1. The molecule has 4 heteroatoms. The largest absolute Gasteiger partial charge is 0.385 e. The summed E-state index contributed by atoms with van der Waals surface area (Å²) in [6, 6.07) is 8.19. The third kappa shape index (κ3) is 2.49. The van der Waals surface area contributed by atoms with Gasteiger partial charge in [-0.05, 0) is 36.8 Å². The summed E-state index contributed by atoms with van der Waals surface area (Å²) in [6.07, 6.45) is 4.14. The molecule has 0 aliphatic heterocycles. The van der Waals surface area contributed by atoms with Gasteiger partial charge in [-0.3, -0.25) is 4.68 Å². The van der Waals surface area contributed by atoms with Gasteiger partial charge in [-0.15, -0.1) is 0 Å². The number of nitrogens with zero attached hydrogens (tertiary/aromatic N) is 2. The summed E-state index contributed by atoms with van der Waals surface area (Å²) in [5.74, 6) is 0. The molecule has 21 heavy (non-hydrogen) atoms. The molecule has 1 N–H and O–H groups in total. The maximum Gasteiger partial charge on any atom is 0.0954 e. The van der Waals surface area contributed by atoms with Crippen molar-refractivity contribution in [1.29, 1.82) is 0 Å². The lowest BCUT2D eigenvalue weighted by molar-refractivity contribution is 0.0173. The molecule has 0 amide bonds. The van der Waals surface area contributed by atoms with E-state index in [2.05, 4.69) is 11.2 Å². The lowest BCUT2D eigenvalue weighted by Crippen LogP contribution is -2.33. The maximum atomic E-state index is 11.2. The van der Waals surface area contributed by atoms with Gasteiger partial charge in [0.15, 0.2) is 0 Å². The van der Waals surface area contributed by atoms with Gasteiger partial charge >= 0.3 is 0 Å². The molecule has 1 aliphatic carbocycles. The van der Waals surface area contributed by atoms with Crippen molar-refractivity contribution in [3.8, 4) is 0 Å². The van der Waals surface area contributed by atoms with Gasteiger partial charge in [-0.25, -0.2) is 0 Å². The third-order valence-corrected chi connectivity index (χ3v) is 4.95. The monoisotopic (exact) mass is 304 g/mol. The molecule has 1 atom stereocenters. The topological polar surface area (TPSA) is 38.0 Å². The van der Waals surface area contributed by atoms with Crippen LogP contribution in [0.25, 0.3) is 0 Å². The van der Waals surface area contributed by atoms with Crippen molar-refractivity contribution < 1.29 is 5.11 Å². The minimum Gasteiger partial charge on any atom is -0.385 e. The van der Waals surface area contributed by atoms with Crippen LogP contribution < -0.4 is 0 Å². The molecule has 1 aliphatic rings. The van der Waals surface area contributed by atoms with E-state index in [0.717, 1.165) is 42.6 Å². The third-order valence-electron chi connectivity index (χ3n) is 4.52. The van der Waals surface area contributed by atoms with Gasteiger partial charge in [0.25, 0.3) is 0 Å². The lowest BCUT2D eigenvalue weighted by Gasteiger charge is -2.34. The van der Waals surface area contributed by atoms with Gasteiger partial charge in [0, 0.05) is 13.5 Å². The van der Waals surface area contributed by atoms with Crippen molar-refractivity contribution in [2.24, 2.45) is 7.05 Å². The van der Waals surface area contributed by atoms with Crippen LogP contribution in [-0.2, 0) is 31.9 Å². The SMILES string of the molecule is CCc1nn(C)c(CC2(O)CCCc3ccccc32)c1Cl. The first-order chi connectivity index (χ1) is 10.0. The number of hydrogen-bond acceptors (Lipinski definition) is 2. The van der Waals surface area contributed by atoms with Crippen LogP contribution in [0.2, 0.25) is 5.02 Å².